The molecule has 0 bridgehead atoms. The van der Waals surface area contributed by atoms with Gasteiger partial charge in [0, 0.05) is 6.20 Å². The Morgan fingerprint density at radius 2 is 2.31 bits per heavy atom. The third kappa shape index (κ3) is 2.31. The van der Waals surface area contributed by atoms with E-state index in [9.17, 15) is 0 Å². The molecule has 0 N–H and O–H groups in total. The van der Waals surface area contributed by atoms with Crippen molar-refractivity contribution >= 4 is 6.21 Å². The summed E-state index contributed by atoms with van der Waals surface area (Å²) in [6.45, 7) is 0. The Morgan fingerprint density at radius 1 is 1.46 bits per heavy atom. The lowest BCUT2D eigenvalue weighted by molar-refractivity contribution is 0.118. The molecule has 1 fully saturated rings. The summed E-state index contributed by atoms with van der Waals surface area (Å²) in [6.07, 6.45) is 12.0. The molecule has 1 saturated carbocycles. The molecule has 0 aliphatic heterocycles. The second-order valence-corrected chi connectivity index (χ2v) is 3.30. The lowest BCUT2D eigenvalue weighted by atomic mass is 10.1. The zero-order valence-electron chi connectivity index (χ0n) is 7.47. The van der Waals surface area contributed by atoms with Crippen LogP contribution in [-0.2, 0) is 0 Å². The average Bonchev–Trinajstić information content (AvgIpc) is 2.75. The van der Waals surface area contributed by atoms with Crippen molar-refractivity contribution in [3.63, 3.8) is 0 Å². The maximum Gasteiger partial charge on any atom is 0.134 e. The SMILES string of the molecule is C(=NOn1ccnc1)C1CCCC1. The molecule has 0 amide bonds. The highest BCUT2D eigenvalue weighted by Gasteiger charge is 2.12. The smallest absolute Gasteiger partial charge is 0.134 e. The zero-order chi connectivity index (χ0) is 8.93. The van der Waals surface area contributed by atoms with E-state index in [0.29, 0.717) is 5.92 Å². The quantitative estimate of drug-likeness (QED) is 0.521. The van der Waals surface area contributed by atoms with Gasteiger partial charge in [-0.3, -0.25) is 4.94 Å². The highest BCUT2D eigenvalue weighted by Crippen LogP contribution is 2.22. The lowest BCUT2D eigenvalue weighted by Crippen LogP contribution is -2.04. The molecule has 0 aromatic carbocycles. The number of rotatable bonds is 3. The first-order valence-electron chi connectivity index (χ1n) is 4.64. The van der Waals surface area contributed by atoms with E-state index in [4.69, 9.17) is 4.94 Å². The van der Waals surface area contributed by atoms with Gasteiger partial charge in [-0.2, -0.15) is 0 Å². The van der Waals surface area contributed by atoms with Crippen molar-refractivity contribution < 1.29 is 4.94 Å². The summed E-state index contributed by atoms with van der Waals surface area (Å²) < 4.78 is 1.48. The third-order valence-electron chi connectivity index (χ3n) is 2.29. The van der Waals surface area contributed by atoms with Crippen LogP contribution in [0, 0.1) is 5.92 Å². The minimum absolute atomic E-state index is 0.614. The summed E-state index contributed by atoms with van der Waals surface area (Å²) in [7, 11) is 0. The molecular formula is C9H13N3O. The predicted octanol–water partition coefficient (Wildman–Crippen LogP) is 1.49. The first kappa shape index (κ1) is 8.29. The summed E-state index contributed by atoms with van der Waals surface area (Å²) >= 11 is 0. The van der Waals surface area contributed by atoms with E-state index in [-0.39, 0.29) is 0 Å². The monoisotopic (exact) mass is 179 g/mol. The minimum atomic E-state index is 0.614. The lowest BCUT2D eigenvalue weighted by Gasteiger charge is -1.99. The van der Waals surface area contributed by atoms with Gasteiger partial charge in [0.25, 0.3) is 0 Å². The molecule has 1 aromatic rings. The Kier molecular flexibility index (Phi) is 2.59. The molecule has 2 rings (SSSR count). The topological polar surface area (TPSA) is 39.4 Å². The van der Waals surface area contributed by atoms with Crippen LogP contribution in [0.3, 0.4) is 0 Å². The van der Waals surface area contributed by atoms with E-state index in [1.165, 1.54) is 30.4 Å². The Balaban J connectivity index is 1.78. The van der Waals surface area contributed by atoms with Gasteiger partial charge >= 0.3 is 0 Å². The van der Waals surface area contributed by atoms with Crippen LogP contribution in [-0.4, -0.2) is 15.9 Å². The van der Waals surface area contributed by atoms with Crippen molar-refractivity contribution in [1.29, 1.82) is 0 Å². The van der Waals surface area contributed by atoms with Gasteiger partial charge < -0.3 is 0 Å². The average molecular weight is 179 g/mol. The van der Waals surface area contributed by atoms with Gasteiger partial charge in [0.05, 0.1) is 12.4 Å². The Morgan fingerprint density at radius 3 is 3.00 bits per heavy atom. The molecular weight excluding hydrogens is 166 g/mol. The van der Waals surface area contributed by atoms with Crippen molar-refractivity contribution in [3.8, 4) is 0 Å². The van der Waals surface area contributed by atoms with Gasteiger partial charge in [0.15, 0.2) is 0 Å². The molecule has 4 heteroatoms. The van der Waals surface area contributed by atoms with Gasteiger partial charge in [-0.25, -0.2) is 4.98 Å². The maximum atomic E-state index is 5.03. The number of hydrogen-bond acceptors (Lipinski definition) is 3. The molecule has 0 saturated heterocycles. The van der Waals surface area contributed by atoms with Crippen molar-refractivity contribution in [2.75, 3.05) is 0 Å². The first-order valence-corrected chi connectivity index (χ1v) is 4.64. The van der Waals surface area contributed by atoms with Crippen molar-refractivity contribution in [1.82, 2.24) is 9.71 Å². The Bertz CT molecular complexity index is 262. The standard InChI is InChI=1S/C9H13N3O/c1-2-4-9(3-1)7-11-13-12-6-5-10-8-12/h5-9H,1-4H2. The van der Waals surface area contributed by atoms with Gasteiger partial charge in [-0.1, -0.05) is 18.0 Å². The molecule has 1 aliphatic carbocycles. The molecule has 0 atom stereocenters. The number of nitrogens with zero attached hydrogens (tertiary/aromatic N) is 3. The van der Waals surface area contributed by atoms with E-state index in [1.54, 1.807) is 18.7 Å². The highest BCUT2D eigenvalue weighted by molar-refractivity contribution is 5.60. The van der Waals surface area contributed by atoms with Gasteiger partial charge in [-0.05, 0) is 18.8 Å². The van der Waals surface area contributed by atoms with Crippen molar-refractivity contribution in [2.45, 2.75) is 25.7 Å². The summed E-state index contributed by atoms with van der Waals surface area (Å²) in [5.74, 6) is 0.614. The van der Waals surface area contributed by atoms with Crippen LogP contribution in [0.5, 0.6) is 0 Å². The van der Waals surface area contributed by atoms with E-state index >= 15 is 0 Å². The summed E-state index contributed by atoms with van der Waals surface area (Å²) in [6, 6.07) is 0. The fourth-order valence-corrected chi connectivity index (χ4v) is 1.57. The van der Waals surface area contributed by atoms with Crippen LogP contribution in [0.4, 0.5) is 0 Å². The van der Waals surface area contributed by atoms with Crippen LogP contribution < -0.4 is 4.94 Å². The normalized spacial score (nSPS) is 18.5. The van der Waals surface area contributed by atoms with Crippen LogP contribution in [0.15, 0.2) is 23.9 Å². The molecule has 4 nitrogen and oxygen atoms in total. The first-order chi connectivity index (χ1) is 6.45. The van der Waals surface area contributed by atoms with E-state index in [0.717, 1.165) is 0 Å². The van der Waals surface area contributed by atoms with E-state index in [2.05, 4.69) is 10.1 Å². The zero-order valence-corrected chi connectivity index (χ0v) is 7.47. The number of oxime groups is 1. The summed E-state index contributed by atoms with van der Waals surface area (Å²) in [5.41, 5.74) is 0. The summed E-state index contributed by atoms with van der Waals surface area (Å²) in [4.78, 5) is 8.87. The number of imidazole rings is 1. The van der Waals surface area contributed by atoms with E-state index in [1.807, 2.05) is 6.21 Å². The molecule has 1 heterocycles. The molecule has 1 aromatic heterocycles. The van der Waals surface area contributed by atoms with Gasteiger partial charge in [0.1, 0.15) is 6.33 Å². The number of hydrogen-bond donors (Lipinski definition) is 0. The van der Waals surface area contributed by atoms with Crippen LogP contribution in [0.1, 0.15) is 25.7 Å². The maximum absolute atomic E-state index is 5.03. The third-order valence-corrected chi connectivity index (χ3v) is 2.29. The Labute approximate surface area is 77.2 Å². The minimum Gasteiger partial charge on any atom is -0.263 e. The molecule has 0 radical (unpaired) electrons. The van der Waals surface area contributed by atoms with Crippen LogP contribution in [0.25, 0.3) is 0 Å². The second kappa shape index (κ2) is 4.07. The predicted molar refractivity (Wildman–Crippen MR) is 49.3 cm³/mol. The Hall–Kier alpha value is -1.32. The van der Waals surface area contributed by atoms with Crippen LogP contribution >= 0.6 is 0 Å². The number of aromatic nitrogens is 2. The summed E-state index contributed by atoms with van der Waals surface area (Å²) in [5, 5.41) is 3.89. The molecule has 13 heavy (non-hydrogen) atoms. The second-order valence-electron chi connectivity index (χ2n) is 3.30. The largest absolute Gasteiger partial charge is 0.263 e. The van der Waals surface area contributed by atoms with E-state index < -0.39 is 0 Å². The fourth-order valence-electron chi connectivity index (χ4n) is 1.57. The van der Waals surface area contributed by atoms with Crippen molar-refractivity contribution in [2.24, 2.45) is 11.1 Å². The van der Waals surface area contributed by atoms with Crippen molar-refractivity contribution in [3.05, 3.63) is 18.7 Å². The molecule has 70 valence electrons. The molecule has 0 spiro atoms. The highest BCUT2D eigenvalue weighted by atomic mass is 16.8. The molecule has 0 unspecified atom stereocenters. The van der Waals surface area contributed by atoms with Crippen LogP contribution in [0.2, 0.25) is 0 Å². The molecule has 1 aliphatic rings. The van der Waals surface area contributed by atoms with Gasteiger partial charge in [0.2, 0.25) is 0 Å². The fraction of sp³-hybridized carbons (Fsp3) is 0.556. The van der Waals surface area contributed by atoms with Gasteiger partial charge in [-0.15, -0.1) is 4.73 Å².